The van der Waals surface area contributed by atoms with Gasteiger partial charge >= 0.3 is 5.97 Å². The van der Waals surface area contributed by atoms with Gasteiger partial charge in [0.2, 0.25) is 35.3 Å². The van der Waals surface area contributed by atoms with E-state index in [2.05, 4.69) is 22.5 Å². The van der Waals surface area contributed by atoms with Crippen LogP contribution in [0, 0.1) is 29.6 Å². The number of imide groups is 2. The number of rotatable bonds is 26. The smallest absolute Gasteiger partial charge is 0.326 e. The summed E-state index contributed by atoms with van der Waals surface area (Å²) in [6.45, 7) is 11.5. The number of hydrogen-bond acceptors (Lipinski definition) is 14. The second-order valence-electron chi connectivity index (χ2n) is 18.6. The van der Waals surface area contributed by atoms with E-state index in [1.165, 1.54) is 26.2 Å². The molecule has 0 bridgehead atoms. The fourth-order valence-corrected chi connectivity index (χ4v) is 10.5. The molecule has 0 saturated carbocycles. The topological polar surface area (TPSA) is 238 Å². The molecule has 3 saturated heterocycles. The summed E-state index contributed by atoms with van der Waals surface area (Å²) >= 11 is 0. The standard InChI is InChI=1S/C54H73N5O14/c1-11-37(31(3)26-44(71-9)49(72-10)33(5)68-6)51(63)58-25-15-17-39(48(58)54(66)67)36(27-34-19-21-42(69-7)43(28-34)70-8)29-35-16-13-14-18-41(35)73-30-46(61)56-24-23-55-32(4)47-38(12-2)52(64)59(53(47)65)40-20-22-45(60)57-50(40)62/h13-14,16,18-19,21,26,28,32,36-40,47-48,55H,5,11-12,15,17,20,22-25,27,29-30H2,1-4,6-10H3,(H,56,61)(H,66,67)(H,57,60,62)/b31-26+,49-44-/t32?,36?,37-,38?,39?,40?,47?,48+/m0/s1. The molecule has 0 spiro atoms. The highest BCUT2D eigenvalue weighted by molar-refractivity contribution is 6.11. The van der Waals surface area contributed by atoms with Crippen molar-refractivity contribution in [3.63, 3.8) is 0 Å². The summed E-state index contributed by atoms with van der Waals surface area (Å²) in [5.41, 5.74) is 2.25. The van der Waals surface area contributed by atoms with Crippen LogP contribution in [-0.4, -0.2) is 136 Å². The first kappa shape index (κ1) is 57.0. The summed E-state index contributed by atoms with van der Waals surface area (Å²) in [6, 6.07) is 10.2. The molecule has 0 radical (unpaired) electrons. The highest BCUT2D eigenvalue weighted by Crippen LogP contribution is 2.39. The van der Waals surface area contributed by atoms with Crippen molar-refractivity contribution in [1.82, 2.24) is 25.8 Å². The monoisotopic (exact) mass is 1020 g/mol. The lowest BCUT2D eigenvalue weighted by atomic mass is 9.73. The molecule has 8 atom stereocenters. The number of piperidine rings is 2. The number of hydrogen-bond donors (Lipinski definition) is 4. The van der Waals surface area contributed by atoms with E-state index in [1.807, 2.05) is 38.1 Å². The number of amides is 6. The molecule has 0 aliphatic carbocycles. The van der Waals surface area contributed by atoms with Crippen LogP contribution in [0.3, 0.4) is 0 Å². The predicted molar refractivity (Wildman–Crippen MR) is 269 cm³/mol. The molecule has 398 valence electrons. The highest BCUT2D eigenvalue weighted by Gasteiger charge is 2.53. The number of nitrogens with one attached hydrogen (secondary N) is 3. The van der Waals surface area contributed by atoms with Gasteiger partial charge in [-0.1, -0.05) is 50.3 Å². The third-order valence-electron chi connectivity index (χ3n) is 14.3. The molecule has 19 heteroatoms. The Morgan fingerprint density at radius 2 is 1.63 bits per heavy atom. The van der Waals surface area contributed by atoms with Crippen LogP contribution in [0.1, 0.15) is 77.3 Å². The average Bonchev–Trinajstić information content (AvgIpc) is 3.64. The summed E-state index contributed by atoms with van der Waals surface area (Å²) in [5, 5.41) is 19.4. The fraction of sp³-hybridized carbons (Fsp3) is 0.537. The lowest BCUT2D eigenvalue weighted by Gasteiger charge is -2.43. The predicted octanol–water partition coefficient (Wildman–Crippen LogP) is 4.72. The van der Waals surface area contributed by atoms with Crippen LogP contribution in [0.5, 0.6) is 17.2 Å². The molecule has 3 aliphatic rings. The van der Waals surface area contributed by atoms with E-state index in [9.17, 15) is 38.7 Å². The molecular weight excluding hydrogens is 943 g/mol. The van der Waals surface area contributed by atoms with E-state index in [-0.39, 0.29) is 62.4 Å². The minimum absolute atomic E-state index is 0.0358. The summed E-state index contributed by atoms with van der Waals surface area (Å²) < 4.78 is 33.7. The molecule has 3 aliphatic heterocycles. The largest absolute Gasteiger partial charge is 0.493 e. The first-order valence-corrected chi connectivity index (χ1v) is 24.9. The first-order valence-electron chi connectivity index (χ1n) is 24.9. The Kier molecular flexibility index (Phi) is 20.9. The molecule has 6 unspecified atom stereocenters. The van der Waals surface area contributed by atoms with Gasteiger partial charge in [0.1, 0.15) is 17.8 Å². The Morgan fingerprint density at radius 1 is 0.904 bits per heavy atom. The molecule has 6 amide bonds. The molecule has 3 fully saturated rings. The van der Waals surface area contributed by atoms with Crippen molar-refractivity contribution in [2.45, 2.75) is 97.2 Å². The van der Waals surface area contributed by atoms with Crippen LogP contribution in [0.15, 0.2) is 78.0 Å². The molecule has 2 aromatic rings. The lowest BCUT2D eigenvalue weighted by Crippen LogP contribution is -2.56. The Morgan fingerprint density at radius 3 is 2.26 bits per heavy atom. The number of carbonyl (C=O) groups excluding carboxylic acids is 6. The van der Waals surface area contributed by atoms with Gasteiger partial charge in [-0.05, 0) is 106 Å². The number of nitrogens with zero attached hydrogens (tertiary/aromatic N) is 2. The SMILES string of the molecule is C=C(OC)/C(OC)=C(\C=C(/C)[C@H](CC)C(=O)N1CCCC(C(Cc2ccc(OC)c(OC)c2)Cc2ccccc2OCC(=O)NCCNC(C)C2C(=O)N(C3CCC(=O)NC3=O)C(=O)C2CC)[C@@H]1C(=O)O)OC. The van der Waals surface area contributed by atoms with Gasteiger partial charge < -0.3 is 49.1 Å². The van der Waals surface area contributed by atoms with Crippen molar-refractivity contribution >= 4 is 41.4 Å². The van der Waals surface area contributed by atoms with E-state index in [1.54, 1.807) is 52.3 Å². The number of aliphatic carboxylic acids is 1. The Hall–Kier alpha value is -6.89. The van der Waals surface area contributed by atoms with Crippen molar-refractivity contribution in [1.29, 1.82) is 0 Å². The molecule has 0 aromatic heterocycles. The maximum atomic E-state index is 14.7. The summed E-state index contributed by atoms with van der Waals surface area (Å²) in [7, 11) is 7.47. The number of methoxy groups -OCH3 is 5. The van der Waals surface area contributed by atoms with Crippen LogP contribution in [0.25, 0.3) is 0 Å². The number of para-hydroxylation sites is 1. The summed E-state index contributed by atoms with van der Waals surface area (Å²) in [5.74, 6) is -4.49. The van der Waals surface area contributed by atoms with Crippen molar-refractivity contribution in [2.75, 3.05) is 61.8 Å². The number of carboxylic acids is 1. The van der Waals surface area contributed by atoms with Crippen molar-refractivity contribution in [3.8, 4) is 17.2 Å². The number of ether oxygens (including phenoxy) is 6. The molecule has 3 heterocycles. The van der Waals surface area contributed by atoms with E-state index in [4.69, 9.17) is 28.4 Å². The van der Waals surface area contributed by atoms with Crippen LogP contribution in [0.2, 0.25) is 0 Å². The van der Waals surface area contributed by atoms with Crippen molar-refractivity contribution in [2.24, 2.45) is 29.6 Å². The highest BCUT2D eigenvalue weighted by atomic mass is 16.5. The second-order valence-corrected chi connectivity index (χ2v) is 18.6. The lowest BCUT2D eigenvalue weighted by molar-refractivity contribution is -0.158. The van der Waals surface area contributed by atoms with Crippen LogP contribution in [0.4, 0.5) is 0 Å². The molecule has 2 aromatic carbocycles. The number of carboxylic acid groups (broad SMARTS) is 1. The normalized spacial score (nSPS) is 21.8. The minimum Gasteiger partial charge on any atom is -0.493 e. The number of carbonyl (C=O) groups is 7. The summed E-state index contributed by atoms with van der Waals surface area (Å²) in [6.07, 6.45) is 4.41. The average molecular weight is 1020 g/mol. The van der Waals surface area contributed by atoms with Gasteiger partial charge in [0, 0.05) is 32.1 Å². The van der Waals surface area contributed by atoms with Gasteiger partial charge in [-0.15, -0.1) is 0 Å². The zero-order chi connectivity index (χ0) is 53.5. The third kappa shape index (κ3) is 13.6. The quantitative estimate of drug-likeness (QED) is 0.0432. The Balaban J connectivity index is 1.32. The molecule has 19 nitrogen and oxygen atoms in total. The Labute approximate surface area is 428 Å². The zero-order valence-electron chi connectivity index (χ0n) is 43.6. The van der Waals surface area contributed by atoms with E-state index in [0.717, 1.165) is 16.0 Å². The minimum atomic E-state index is -1.17. The van der Waals surface area contributed by atoms with E-state index >= 15 is 0 Å². The van der Waals surface area contributed by atoms with Crippen molar-refractivity contribution < 1.29 is 67.1 Å². The molecule has 73 heavy (non-hydrogen) atoms. The first-order chi connectivity index (χ1) is 35.0. The number of benzene rings is 2. The summed E-state index contributed by atoms with van der Waals surface area (Å²) in [4.78, 5) is 95.4. The van der Waals surface area contributed by atoms with Gasteiger partial charge in [-0.25, -0.2) is 4.79 Å². The number of likely N-dealkylation sites (tertiary alicyclic amines) is 2. The van der Waals surface area contributed by atoms with Gasteiger partial charge in [-0.3, -0.25) is 39.0 Å². The van der Waals surface area contributed by atoms with E-state index < -0.39 is 77.3 Å². The Bertz CT molecular complexity index is 2420. The van der Waals surface area contributed by atoms with Crippen molar-refractivity contribution in [3.05, 3.63) is 89.1 Å². The second kappa shape index (κ2) is 26.7. The zero-order valence-corrected chi connectivity index (χ0v) is 43.6. The van der Waals surface area contributed by atoms with E-state index in [0.29, 0.717) is 67.1 Å². The van der Waals surface area contributed by atoms with Crippen LogP contribution < -0.4 is 30.2 Å². The van der Waals surface area contributed by atoms with Crippen LogP contribution in [-0.2, 0) is 60.6 Å². The van der Waals surface area contributed by atoms with Gasteiger partial charge in [0.15, 0.2) is 29.6 Å². The molecule has 5 rings (SSSR count). The van der Waals surface area contributed by atoms with Crippen LogP contribution >= 0.6 is 0 Å². The molecular formula is C54H73N5O14. The van der Waals surface area contributed by atoms with Gasteiger partial charge in [-0.2, -0.15) is 0 Å². The fourth-order valence-electron chi connectivity index (χ4n) is 10.5. The maximum absolute atomic E-state index is 14.7. The number of allylic oxidation sites excluding steroid dienone is 1. The third-order valence-corrected chi connectivity index (χ3v) is 14.3. The van der Waals surface area contributed by atoms with Gasteiger partial charge in [0.05, 0.1) is 53.3 Å². The van der Waals surface area contributed by atoms with Gasteiger partial charge in [0.25, 0.3) is 5.91 Å². The maximum Gasteiger partial charge on any atom is 0.326 e. The molecule has 4 N–H and O–H groups in total.